The Labute approximate surface area is 408 Å². The number of hydrogen-bond donors (Lipinski definition) is 0. The van der Waals surface area contributed by atoms with E-state index in [1.54, 1.807) is 0 Å². The molecule has 14 rings (SSSR count). The van der Waals surface area contributed by atoms with E-state index < -0.39 is 0 Å². The molecule has 1 aliphatic rings. The summed E-state index contributed by atoms with van der Waals surface area (Å²) in [5.74, 6) is 0. The van der Waals surface area contributed by atoms with Crippen molar-refractivity contribution in [2.45, 2.75) is 12.8 Å². The van der Waals surface area contributed by atoms with Crippen molar-refractivity contribution in [3.8, 4) is 55.6 Å². The summed E-state index contributed by atoms with van der Waals surface area (Å²) in [4.78, 5) is 0. The number of fused-ring (bicyclic) bond motifs is 7. The molecule has 0 heterocycles. The average molecular weight is 887 g/mol. The highest BCUT2D eigenvalue weighted by atomic mass is 14.3. The molecule has 0 saturated carbocycles. The molecule has 13 aromatic carbocycles. The summed E-state index contributed by atoms with van der Waals surface area (Å²) < 4.78 is 0. The summed E-state index contributed by atoms with van der Waals surface area (Å²) in [6, 6.07) is 92.6. The Hall–Kier alpha value is -8.84. The third-order valence-corrected chi connectivity index (χ3v) is 15.1. The van der Waals surface area contributed by atoms with E-state index in [4.69, 9.17) is 0 Å². The van der Waals surface area contributed by atoms with Gasteiger partial charge in [-0.3, -0.25) is 0 Å². The Kier molecular flexibility index (Phi) is 9.45. The van der Waals surface area contributed by atoms with Gasteiger partial charge < -0.3 is 0 Å². The van der Waals surface area contributed by atoms with Crippen LogP contribution in [0.1, 0.15) is 23.1 Å². The molecule has 0 N–H and O–H groups in total. The first-order valence-electron chi connectivity index (χ1n) is 24.6. The topological polar surface area (TPSA) is 0 Å². The van der Waals surface area contributed by atoms with Gasteiger partial charge in [0.1, 0.15) is 0 Å². The second-order valence-electron chi connectivity index (χ2n) is 18.9. The van der Waals surface area contributed by atoms with E-state index >= 15 is 0 Å². The number of allylic oxidation sites excluding steroid dienone is 1. The zero-order valence-corrected chi connectivity index (χ0v) is 38.7. The molecule has 0 nitrogen and oxygen atoms in total. The lowest BCUT2D eigenvalue weighted by Crippen LogP contribution is -2.02. The molecule has 1 aliphatic carbocycles. The fourth-order valence-corrected chi connectivity index (χ4v) is 12.0. The van der Waals surface area contributed by atoms with E-state index in [1.807, 2.05) is 0 Å². The smallest absolute Gasteiger partial charge is 0.00201 e. The molecule has 0 unspecified atom stereocenters. The number of benzene rings is 13. The minimum atomic E-state index is 1.05. The molecule has 0 aromatic heterocycles. The fraction of sp³-hybridized carbons (Fsp3) is 0.0286. The Morgan fingerprint density at radius 3 is 1.29 bits per heavy atom. The largest absolute Gasteiger partial charge is 0.0757 e. The van der Waals surface area contributed by atoms with Crippen LogP contribution in [0.2, 0.25) is 0 Å². The molecule has 70 heavy (non-hydrogen) atoms. The predicted octanol–water partition coefficient (Wildman–Crippen LogP) is 19.3. The van der Waals surface area contributed by atoms with E-state index in [1.165, 1.54) is 143 Å². The molecule has 0 bridgehead atoms. The van der Waals surface area contributed by atoms with Crippen molar-refractivity contribution in [1.29, 1.82) is 0 Å². The lowest BCUT2D eigenvalue weighted by Gasteiger charge is -2.23. The van der Waals surface area contributed by atoms with Gasteiger partial charge >= 0.3 is 0 Å². The molecule has 0 saturated heterocycles. The molecule has 0 heteroatoms. The van der Waals surface area contributed by atoms with Gasteiger partial charge in [-0.05, 0) is 174 Å². The van der Waals surface area contributed by atoms with Crippen LogP contribution >= 0.6 is 0 Å². The van der Waals surface area contributed by atoms with Gasteiger partial charge in [-0.2, -0.15) is 0 Å². The van der Waals surface area contributed by atoms with E-state index in [2.05, 4.69) is 255 Å². The Balaban J connectivity index is 0.873. The van der Waals surface area contributed by atoms with Gasteiger partial charge in [0.25, 0.3) is 0 Å². The van der Waals surface area contributed by atoms with Crippen molar-refractivity contribution in [3.63, 3.8) is 0 Å². The molecule has 0 spiro atoms. The molecule has 13 aromatic rings. The van der Waals surface area contributed by atoms with Crippen LogP contribution in [-0.4, -0.2) is 0 Å². The highest BCUT2D eigenvalue weighted by Gasteiger charge is 2.23. The van der Waals surface area contributed by atoms with Crippen LogP contribution in [0.25, 0.3) is 126 Å². The molecule has 0 atom stereocenters. The molecule has 0 fully saturated rings. The highest BCUT2D eigenvalue weighted by Crippen LogP contribution is 2.48. The third kappa shape index (κ3) is 6.45. The number of rotatable bonds is 6. The van der Waals surface area contributed by atoms with Gasteiger partial charge in [-0.25, -0.2) is 0 Å². The molecule has 0 amide bonds. The van der Waals surface area contributed by atoms with Crippen molar-refractivity contribution >= 4 is 70.2 Å². The molecular weight excluding hydrogens is 841 g/mol. The minimum Gasteiger partial charge on any atom is -0.0757 e. The normalized spacial score (nSPS) is 12.5. The van der Waals surface area contributed by atoms with Crippen LogP contribution in [0, 0.1) is 0 Å². The Morgan fingerprint density at radius 2 is 0.643 bits per heavy atom. The van der Waals surface area contributed by atoms with Crippen LogP contribution in [-0.2, 0) is 6.42 Å². The van der Waals surface area contributed by atoms with Gasteiger partial charge in [-0.1, -0.05) is 237 Å². The maximum atomic E-state index is 2.47. The van der Waals surface area contributed by atoms with E-state index in [9.17, 15) is 0 Å². The molecule has 0 radical (unpaired) electrons. The maximum absolute atomic E-state index is 2.47. The monoisotopic (exact) mass is 886 g/mol. The first-order chi connectivity index (χ1) is 34.7. The van der Waals surface area contributed by atoms with Gasteiger partial charge in [-0.15, -0.1) is 0 Å². The summed E-state index contributed by atoms with van der Waals surface area (Å²) in [5.41, 5.74) is 17.9. The summed E-state index contributed by atoms with van der Waals surface area (Å²) in [7, 11) is 0. The first kappa shape index (κ1) is 40.2. The SMILES string of the molecule is C1=C(c2c3ccccc3c(-c3cccc(-c4ccc5c(-c6cccc(-c7c8ccccc8c(-c8cccc9ccccc89)c8ccccc78)c6)cccc5c4)c3)c3ccccc23)c2ccccc2CC1. The predicted molar refractivity (Wildman–Crippen MR) is 301 cm³/mol. The van der Waals surface area contributed by atoms with Gasteiger partial charge in [0.05, 0.1) is 0 Å². The number of aryl methyl sites for hydroxylation is 1. The van der Waals surface area contributed by atoms with Crippen molar-refractivity contribution in [3.05, 3.63) is 271 Å². The van der Waals surface area contributed by atoms with Crippen molar-refractivity contribution in [2.75, 3.05) is 0 Å². The minimum absolute atomic E-state index is 1.05. The van der Waals surface area contributed by atoms with Crippen LogP contribution < -0.4 is 0 Å². The van der Waals surface area contributed by atoms with Crippen LogP contribution in [0.15, 0.2) is 255 Å². The lowest BCUT2D eigenvalue weighted by atomic mass is 9.80. The second-order valence-corrected chi connectivity index (χ2v) is 18.9. The van der Waals surface area contributed by atoms with Gasteiger partial charge in [0, 0.05) is 0 Å². The van der Waals surface area contributed by atoms with Gasteiger partial charge in [0.2, 0.25) is 0 Å². The van der Waals surface area contributed by atoms with Crippen LogP contribution in [0.3, 0.4) is 0 Å². The van der Waals surface area contributed by atoms with E-state index in [0.717, 1.165) is 12.8 Å². The standard InChI is InChI=1S/C70H46/c1-3-27-53-45(18-1)20-15-38-57(53)69-63-33-9-5-29-59(63)67(60-30-6-10-34-64(60)69)51-25-13-22-47(43-51)48-40-41-56-49(42-48)24-17-37-55(56)50-23-14-26-52(44-50)68-61-31-7-11-35-65(61)70(66-36-12-8-32-62(66)68)58-39-16-21-46-19-2-4-28-54(46)58/h1-14,16-19,21-44H,15,20H2. The van der Waals surface area contributed by atoms with Crippen LogP contribution in [0.4, 0.5) is 0 Å². The quantitative estimate of drug-likeness (QED) is 0.146. The van der Waals surface area contributed by atoms with Gasteiger partial charge in [0.15, 0.2) is 0 Å². The molecule has 0 aliphatic heterocycles. The summed E-state index contributed by atoms with van der Waals surface area (Å²) in [5, 5.41) is 15.2. The average Bonchev–Trinajstić information content (AvgIpc) is 3.43. The van der Waals surface area contributed by atoms with Crippen molar-refractivity contribution < 1.29 is 0 Å². The van der Waals surface area contributed by atoms with E-state index in [-0.39, 0.29) is 0 Å². The summed E-state index contributed by atoms with van der Waals surface area (Å²) >= 11 is 0. The highest BCUT2D eigenvalue weighted by molar-refractivity contribution is 6.24. The second kappa shape index (κ2) is 16.4. The van der Waals surface area contributed by atoms with E-state index in [0.29, 0.717) is 0 Å². The molecular formula is C70H46. The lowest BCUT2D eigenvalue weighted by molar-refractivity contribution is 0.978. The first-order valence-corrected chi connectivity index (χ1v) is 24.6. The van der Waals surface area contributed by atoms with Crippen molar-refractivity contribution in [1.82, 2.24) is 0 Å². The Morgan fingerprint density at radius 1 is 0.229 bits per heavy atom. The summed E-state index contributed by atoms with van der Waals surface area (Å²) in [6.45, 7) is 0. The van der Waals surface area contributed by atoms with Crippen LogP contribution in [0.5, 0.6) is 0 Å². The third-order valence-electron chi connectivity index (χ3n) is 15.1. The maximum Gasteiger partial charge on any atom is -0.00201 e. The molecule has 326 valence electrons. The van der Waals surface area contributed by atoms with Crippen molar-refractivity contribution in [2.24, 2.45) is 0 Å². The zero-order chi connectivity index (χ0) is 46.1. The fourth-order valence-electron chi connectivity index (χ4n) is 12.0. The summed E-state index contributed by atoms with van der Waals surface area (Å²) in [6.07, 6.45) is 4.60. The number of hydrogen-bond acceptors (Lipinski definition) is 0. The zero-order valence-electron chi connectivity index (χ0n) is 38.7. The Bertz CT molecular complexity index is 4180.